The Hall–Kier alpha value is -2.93. The number of oxazole rings is 1. The third-order valence-electron chi connectivity index (χ3n) is 3.93. The Kier molecular flexibility index (Phi) is 3.85. The summed E-state index contributed by atoms with van der Waals surface area (Å²) in [5.41, 5.74) is 3.23. The summed E-state index contributed by atoms with van der Waals surface area (Å²) in [6.45, 7) is 2.27. The number of nitrogens with one attached hydrogen (secondary N) is 1. The van der Waals surface area contributed by atoms with Crippen LogP contribution in [0.5, 0.6) is 0 Å². The van der Waals surface area contributed by atoms with Gasteiger partial charge in [-0.1, -0.05) is 29.5 Å². The lowest BCUT2D eigenvalue weighted by atomic mass is 10.2. The molecule has 0 aliphatic heterocycles. The van der Waals surface area contributed by atoms with Gasteiger partial charge in [0.05, 0.1) is 15.7 Å². The zero-order valence-electron chi connectivity index (χ0n) is 13.5. The Morgan fingerprint density at radius 3 is 3.00 bits per heavy atom. The highest BCUT2D eigenvalue weighted by molar-refractivity contribution is 7.22. The van der Waals surface area contributed by atoms with E-state index in [0.717, 1.165) is 15.8 Å². The van der Waals surface area contributed by atoms with Gasteiger partial charge in [0.1, 0.15) is 0 Å². The third kappa shape index (κ3) is 3.06. The van der Waals surface area contributed by atoms with Crippen molar-refractivity contribution in [2.45, 2.75) is 19.9 Å². The van der Waals surface area contributed by atoms with Gasteiger partial charge in [-0.25, -0.2) is 9.78 Å². The number of hydrogen-bond acceptors (Lipinski definition) is 5. The number of benzene rings is 2. The van der Waals surface area contributed by atoms with Crippen molar-refractivity contribution in [2.75, 3.05) is 5.32 Å². The number of rotatable bonds is 4. The molecule has 1 amide bonds. The minimum Gasteiger partial charge on any atom is -0.408 e. The van der Waals surface area contributed by atoms with Crippen molar-refractivity contribution in [3.63, 3.8) is 0 Å². The van der Waals surface area contributed by atoms with Gasteiger partial charge in [0.25, 0.3) is 0 Å². The molecule has 0 fully saturated rings. The molecule has 0 radical (unpaired) electrons. The van der Waals surface area contributed by atoms with E-state index in [-0.39, 0.29) is 18.9 Å². The van der Waals surface area contributed by atoms with Gasteiger partial charge in [0.15, 0.2) is 10.7 Å². The minimum absolute atomic E-state index is 0.165. The van der Waals surface area contributed by atoms with Crippen molar-refractivity contribution in [2.24, 2.45) is 0 Å². The highest BCUT2D eigenvalue weighted by Gasteiger charge is 2.12. The van der Waals surface area contributed by atoms with Crippen LogP contribution in [0.4, 0.5) is 5.13 Å². The molecule has 2 aromatic carbocycles. The lowest BCUT2D eigenvalue weighted by Gasteiger charge is -2.02. The molecular formula is C18H15N3O3S. The van der Waals surface area contributed by atoms with E-state index in [4.69, 9.17) is 4.42 Å². The van der Waals surface area contributed by atoms with Crippen molar-refractivity contribution < 1.29 is 9.21 Å². The first kappa shape index (κ1) is 15.6. The number of nitrogens with zero attached hydrogens (tertiary/aromatic N) is 2. The molecule has 4 rings (SSSR count). The van der Waals surface area contributed by atoms with Crippen LogP contribution < -0.4 is 11.1 Å². The third-order valence-corrected chi connectivity index (χ3v) is 4.86. The van der Waals surface area contributed by atoms with Gasteiger partial charge in [-0.2, -0.15) is 0 Å². The van der Waals surface area contributed by atoms with Crippen molar-refractivity contribution >= 4 is 43.7 Å². The Morgan fingerprint density at radius 2 is 2.12 bits per heavy atom. The van der Waals surface area contributed by atoms with E-state index in [1.54, 1.807) is 18.2 Å². The van der Waals surface area contributed by atoms with Crippen molar-refractivity contribution in [1.29, 1.82) is 0 Å². The first-order chi connectivity index (χ1) is 12.1. The van der Waals surface area contributed by atoms with E-state index in [0.29, 0.717) is 16.2 Å². The van der Waals surface area contributed by atoms with E-state index in [9.17, 15) is 9.59 Å². The summed E-state index contributed by atoms with van der Waals surface area (Å²) in [6.07, 6.45) is 0.165. The van der Waals surface area contributed by atoms with Crippen LogP contribution in [-0.2, 0) is 11.3 Å². The molecule has 25 heavy (non-hydrogen) atoms. The number of carbonyl (C=O) groups excluding carboxylic acids is 1. The largest absolute Gasteiger partial charge is 0.419 e. The Balaban J connectivity index is 1.48. The molecule has 2 aromatic heterocycles. The number of hydrogen-bond donors (Lipinski definition) is 1. The summed E-state index contributed by atoms with van der Waals surface area (Å²) in [7, 11) is 0. The summed E-state index contributed by atoms with van der Waals surface area (Å²) in [4.78, 5) is 28.5. The average Bonchev–Trinajstić information content (AvgIpc) is 3.11. The minimum atomic E-state index is -0.454. The van der Waals surface area contributed by atoms with E-state index in [2.05, 4.69) is 10.3 Å². The lowest BCUT2D eigenvalue weighted by Crippen LogP contribution is -2.19. The fourth-order valence-corrected chi connectivity index (χ4v) is 3.69. The molecule has 2 heterocycles. The monoisotopic (exact) mass is 353 g/mol. The van der Waals surface area contributed by atoms with Gasteiger partial charge in [-0.3, -0.25) is 9.36 Å². The predicted octanol–water partition coefficient (Wildman–Crippen LogP) is 3.54. The summed E-state index contributed by atoms with van der Waals surface area (Å²) in [5, 5.41) is 3.37. The predicted molar refractivity (Wildman–Crippen MR) is 98.1 cm³/mol. The molecule has 0 unspecified atom stereocenters. The fraction of sp³-hybridized carbons (Fsp3) is 0.167. The second kappa shape index (κ2) is 6.18. The van der Waals surface area contributed by atoms with Gasteiger partial charge in [0.2, 0.25) is 5.91 Å². The number of carbonyl (C=O) groups is 1. The van der Waals surface area contributed by atoms with E-state index >= 15 is 0 Å². The summed E-state index contributed by atoms with van der Waals surface area (Å²) >= 11 is 1.44. The van der Waals surface area contributed by atoms with Crippen LogP contribution in [0.1, 0.15) is 12.0 Å². The number of aryl methyl sites for hydroxylation is 2. The second-order valence-corrected chi connectivity index (χ2v) is 6.81. The SMILES string of the molecule is Cc1ccc2nc(NC(=O)CCn3c(=O)oc4ccccc43)sc2c1. The molecule has 0 aliphatic rings. The molecule has 0 atom stereocenters. The topological polar surface area (TPSA) is 77.1 Å². The second-order valence-electron chi connectivity index (χ2n) is 5.78. The van der Waals surface area contributed by atoms with E-state index in [1.807, 2.05) is 31.2 Å². The van der Waals surface area contributed by atoms with Gasteiger partial charge in [0, 0.05) is 13.0 Å². The average molecular weight is 353 g/mol. The molecule has 0 bridgehead atoms. The molecule has 6 nitrogen and oxygen atoms in total. The highest BCUT2D eigenvalue weighted by atomic mass is 32.1. The van der Waals surface area contributed by atoms with Gasteiger partial charge in [-0.05, 0) is 36.8 Å². The van der Waals surface area contributed by atoms with Crippen LogP contribution in [0.15, 0.2) is 51.7 Å². The maximum atomic E-state index is 12.2. The molecular weight excluding hydrogens is 338 g/mol. The van der Waals surface area contributed by atoms with Crippen LogP contribution in [-0.4, -0.2) is 15.5 Å². The fourth-order valence-electron chi connectivity index (χ4n) is 2.71. The van der Waals surface area contributed by atoms with Crippen LogP contribution in [0.25, 0.3) is 21.3 Å². The van der Waals surface area contributed by atoms with Crippen LogP contribution in [0.2, 0.25) is 0 Å². The lowest BCUT2D eigenvalue weighted by molar-refractivity contribution is -0.116. The molecule has 126 valence electrons. The number of thiazole rings is 1. The molecule has 7 heteroatoms. The summed E-state index contributed by atoms with van der Waals surface area (Å²) < 4.78 is 7.67. The van der Waals surface area contributed by atoms with Gasteiger partial charge >= 0.3 is 5.76 Å². The van der Waals surface area contributed by atoms with E-state index in [1.165, 1.54) is 15.9 Å². The molecule has 4 aromatic rings. The smallest absolute Gasteiger partial charge is 0.408 e. The normalized spacial score (nSPS) is 11.2. The molecule has 1 N–H and O–H groups in total. The standard InChI is InChI=1S/C18H15N3O3S/c1-11-6-7-12-15(10-11)25-17(19-12)20-16(22)8-9-21-13-4-2-3-5-14(13)24-18(21)23/h2-7,10H,8-9H2,1H3,(H,19,20,22). The maximum Gasteiger partial charge on any atom is 0.419 e. The Labute approximate surface area is 146 Å². The van der Waals surface area contributed by atoms with Gasteiger partial charge < -0.3 is 9.73 Å². The van der Waals surface area contributed by atoms with Crippen molar-refractivity contribution in [3.8, 4) is 0 Å². The van der Waals surface area contributed by atoms with Crippen molar-refractivity contribution in [3.05, 3.63) is 58.6 Å². The number of fused-ring (bicyclic) bond motifs is 2. The molecule has 0 spiro atoms. The number of anilines is 1. The highest BCUT2D eigenvalue weighted by Crippen LogP contribution is 2.26. The zero-order chi connectivity index (χ0) is 17.4. The first-order valence-corrected chi connectivity index (χ1v) is 8.67. The molecule has 0 aliphatic carbocycles. The summed E-state index contributed by atoms with van der Waals surface area (Å²) in [5.74, 6) is -0.641. The summed E-state index contributed by atoms with van der Waals surface area (Å²) in [6, 6.07) is 13.1. The van der Waals surface area contributed by atoms with Crippen molar-refractivity contribution in [1.82, 2.24) is 9.55 Å². The zero-order valence-corrected chi connectivity index (χ0v) is 14.3. The number of amides is 1. The first-order valence-electron chi connectivity index (χ1n) is 7.85. The number of aromatic nitrogens is 2. The molecule has 0 saturated carbocycles. The Bertz CT molecular complexity index is 1140. The number of para-hydroxylation sites is 2. The van der Waals surface area contributed by atoms with Crippen LogP contribution in [0.3, 0.4) is 0 Å². The molecule has 0 saturated heterocycles. The van der Waals surface area contributed by atoms with Crippen LogP contribution in [0, 0.1) is 6.92 Å². The van der Waals surface area contributed by atoms with Gasteiger partial charge in [-0.15, -0.1) is 0 Å². The van der Waals surface area contributed by atoms with E-state index < -0.39 is 5.76 Å². The Morgan fingerprint density at radius 1 is 1.28 bits per heavy atom. The quantitative estimate of drug-likeness (QED) is 0.609. The van der Waals surface area contributed by atoms with Crippen LogP contribution >= 0.6 is 11.3 Å². The maximum absolute atomic E-state index is 12.2.